The molecule has 1 aliphatic heterocycles. The van der Waals surface area contributed by atoms with E-state index in [2.05, 4.69) is 103 Å². The highest BCUT2D eigenvalue weighted by atomic mass is 16.5. The maximum absolute atomic E-state index is 6.60. The Balaban J connectivity index is 1.11. The van der Waals surface area contributed by atoms with Crippen molar-refractivity contribution in [3.63, 3.8) is 0 Å². The van der Waals surface area contributed by atoms with E-state index < -0.39 is 0 Å². The van der Waals surface area contributed by atoms with Crippen molar-refractivity contribution < 1.29 is 4.74 Å². The molecule has 4 saturated carbocycles. The van der Waals surface area contributed by atoms with E-state index in [0.717, 1.165) is 45.9 Å². The number of aromatic nitrogens is 3. The van der Waals surface area contributed by atoms with Crippen LogP contribution in [0.2, 0.25) is 0 Å². The number of fused-ring (bicyclic) bond motifs is 6. The molecular formula is C43H35N3O. The summed E-state index contributed by atoms with van der Waals surface area (Å²) >= 11 is 0. The van der Waals surface area contributed by atoms with Gasteiger partial charge < -0.3 is 4.74 Å². The Morgan fingerprint density at radius 3 is 2.11 bits per heavy atom. The van der Waals surface area contributed by atoms with Crippen LogP contribution in [-0.2, 0) is 5.41 Å². The van der Waals surface area contributed by atoms with E-state index in [-0.39, 0.29) is 17.4 Å². The molecule has 4 bridgehead atoms. The molecule has 0 amide bonds. The van der Waals surface area contributed by atoms with Crippen LogP contribution in [0.25, 0.3) is 39.5 Å². The molecule has 47 heavy (non-hydrogen) atoms. The Labute approximate surface area is 275 Å². The third-order valence-electron chi connectivity index (χ3n) is 12.5. The van der Waals surface area contributed by atoms with Crippen molar-refractivity contribution in [2.75, 3.05) is 0 Å². The normalized spacial score (nSPS) is 30.0. The van der Waals surface area contributed by atoms with Gasteiger partial charge >= 0.3 is 0 Å². The van der Waals surface area contributed by atoms with Crippen LogP contribution in [0, 0.1) is 23.7 Å². The lowest BCUT2D eigenvalue weighted by Gasteiger charge is -2.61. The molecule has 7 aliphatic rings. The van der Waals surface area contributed by atoms with Gasteiger partial charge in [0.2, 0.25) is 0 Å². The summed E-state index contributed by atoms with van der Waals surface area (Å²) in [6.45, 7) is 0. The second-order valence-electron chi connectivity index (χ2n) is 14.7. The maximum Gasteiger partial charge on any atom is 0.164 e. The van der Waals surface area contributed by atoms with E-state index in [9.17, 15) is 0 Å². The van der Waals surface area contributed by atoms with E-state index >= 15 is 0 Å². The van der Waals surface area contributed by atoms with Gasteiger partial charge in [0, 0.05) is 27.7 Å². The standard InChI is InChI=1S/C43H35N3O/c1-2-10-27(11-3-1)40-44-41(46-42(45-40)34-16-8-14-31-30-12-5-7-19-37(30)47-39(31)34)33-15-9-18-36-38(33)32-13-4-6-17-35(32)43(36)28-21-25-20-26(23-28)24-29(43)22-25/h1-19,25-26,28-29,34,39H,20-24H2. The highest BCUT2D eigenvalue weighted by Crippen LogP contribution is 2.70. The Hall–Kier alpha value is -4.83. The zero-order chi connectivity index (χ0) is 30.7. The number of hydrogen-bond donors (Lipinski definition) is 0. The Kier molecular flexibility index (Phi) is 5.37. The Morgan fingerprint density at radius 2 is 1.28 bits per heavy atom. The first-order valence-corrected chi connectivity index (χ1v) is 17.5. The van der Waals surface area contributed by atoms with Gasteiger partial charge in [0.05, 0.1) is 5.92 Å². The second-order valence-corrected chi connectivity index (χ2v) is 14.7. The van der Waals surface area contributed by atoms with Crippen molar-refractivity contribution in [1.82, 2.24) is 15.0 Å². The lowest BCUT2D eigenvalue weighted by atomic mass is 9.43. The van der Waals surface area contributed by atoms with E-state index in [4.69, 9.17) is 19.7 Å². The second kappa shape index (κ2) is 9.60. The fourth-order valence-corrected chi connectivity index (χ4v) is 11.0. The van der Waals surface area contributed by atoms with Gasteiger partial charge in [0.1, 0.15) is 17.7 Å². The van der Waals surface area contributed by atoms with Gasteiger partial charge in [-0.2, -0.15) is 0 Å². The van der Waals surface area contributed by atoms with Crippen molar-refractivity contribution in [3.8, 4) is 39.7 Å². The number of benzene rings is 4. The summed E-state index contributed by atoms with van der Waals surface area (Å²) < 4.78 is 6.60. The molecule has 4 heteroatoms. The summed E-state index contributed by atoms with van der Waals surface area (Å²) in [6, 6.07) is 35.0. The smallest absolute Gasteiger partial charge is 0.164 e. The summed E-state index contributed by atoms with van der Waals surface area (Å²) in [5.41, 5.74) is 10.4. The topological polar surface area (TPSA) is 47.9 Å². The summed E-state index contributed by atoms with van der Waals surface area (Å²) in [5.74, 6) is 6.25. The van der Waals surface area contributed by atoms with E-state index in [1.54, 1.807) is 5.56 Å². The average Bonchev–Trinajstić information content (AvgIpc) is 3.65. The lowest BCUT2D eigenvalue weighted by molar-refractivity contribution is -0.0399. The molecule has 6 aliphatic carbocycles. The SMILES string of the molecule is C1=CC(c2nc(-c3ccccc3)nc(-c3cccc4c3-c3ccccc3C43C4CC5CC(C4)CC3C5)n2)C2Oc3ccccc3C2=C1. The first kappa shape index (κ1) is 26.3. The molecule has 2 atom stereocenters. The van der Waals surface area contributed by atoms with Gasteiger partial charge in [0.15, 0.2) is 11.6 Å². The van der Waals surface area contributed by atoms with Gasteiger partial charge in [-0.05, 0) is 84.1 Å². The van der Waals surface area contributed by atoms with Gasteiger partial charge in [0.25, 0.3) is 0 Å². The molecule has 0 N–H and O–H groups in total. The molecule has 2 heterocycles. The van der Waals surface area contributed by atoms with Gasteiger partial charge in [-0.1, -0.05) is 109 Å². The molecule has 2 unspecified atom stereocenters. The number of para-hydroxylation sites is 1. The molecule has 228 valence electrons. The summed E-state index contributed by atoms with van der Waals surface area (Å²) in [7, 11) is 0. The predicted octanol–water partition coefficient (Wildman–Crippen LogP) is 9.43. The quantitative estimate of drug-likeness (QED) is 0.204. The summed E-state index contributed by atoms with van der Waals surface area (Å²) in [6.07, 6.45) is 13.3. The van der Waals surface area contributed by atoms with Crippen molar-refractivity contribution in [1.29, 1.82) is 0 Å². The fraction of sp³-hybridized carbons (Fsp3) is 0.279. The van der Waals surface area contributed by atoms with Crippen LogP contribution in [-0.4, -0.2) is 21.1 Å². The van der Waals surface area contributed by atoms with E-state index in [0.29, 0.717) is 17.7 Å². The minimum Gasteiger partial charge on any atom is -0.484 e. The van der Waals surface area contributed by atoms with Crippen LogP contribution in [0.15, 0.2) is 115 Å². The Bertz CT molecular complexity index is 2140. The molecule has 4 aromatic carbocycles. The van der Waals surface area contributed by atoms with Crippen molar-refractivity contribution in [3.05, 3.63) is 138 Å². The molecular weight excluding hydrogens is 574 g/mol. The molecule has 4 fully saturated rings. The first-order chi connectivity index (χ1) is 23.3. The van der Waals surface area contributed by atoms with Crippen LogP contribution in [0.5, 0.6) is 5.75 Å². The highest BCUT2D eigenvalue weighted by Gasteiger charge is 2.61. The van der Waals surface area contributed by atoms with Crippen LogP contribution in [0.4, 0.5) is 0 Å². The Morgan fingerprint density at radius 1 is 0.596 bits per heavy atom. The molecule has 1 spiro atoms. The highest BCUT2D eigenvalue weighted by molar-refractivity contribution is 5.92. The lowest BCUT2D eigenvalue weighted by Crippen LogP contribution is -2.55. The zero-order valence-corrected chi connectivity index (χ0v) is 26.2. The summed E-state index contributed by atoms with van der Waals surface area (Å²) in [4.78, 5) is 15.8. The van der Waals surface area contributed by atoms with Crippen LogP contribution in [0.3, 0.4) is 0 Å². The number of hydrogen-bond acceptors (Lipinski definition) is 4. The number of nitrogens with zero attached hydrogens (tertiary/aromatic N) is 3. The van der Waals surface area contributed by atoms with Crippen LogP contribution in [0.1, 0.15) is 60.5 Å². The average molecular weight is 610 g/mol. The van der Waals surface area contributed by atoms with Gasteiger partial charge in [-0.25, -0.2) is 15.0 Å². The largest absolute Gasteiger partial charge is 0.484 e. The van der Waals surface area contributed by atoms with Crippen LogP contribution >= 0.6 is 0 Å². The molecule has 1 aromatic heterocycles. The van der Waals surface area contributed by atoms with Crippen molar-refractivity contribution in [2.24, 2.45) is 23.7 Å². The van der Waals surface area contributed by atoms with Crippen molar-refractivity contribution in [2.45, 2.75) is 49.5 Å². The third-order valence-corrected chi connectivity index (χ3v) is 12.5. The first-order valence-electron chi connectivity index (χ1n) is 17.5. The minimum absolute atomic E-state index is 0.0999. The van der Waals surface area contributed by atoms with E-state index in [1.165, 1.54) is 54.4 Å². The minimum atomic E-state index is -0.171. The number of rotatable bonds is 3. The van der Waals surface area contributed by atoms with Crippen molar-refractivity contribution >= 4 is 5.57 Å². The zero-order valence-electron chi connectivity index (χ0n) is 26.2. The van der Waals surface area contributed by atoms with Crippen LogP contribution < -0.4 is 4.74 Å². The summed E-state index contributed by atoms with van der Waals surface area (Å²) in [5, 5.41) is 0. The number of allylic oxidation sites excluding steroid dienone is 2. The third kappa shape index (κ3) is 3.56. The molecule has 4 nitrogen and oxygen atoms in total. The van der Waals surface area contributed by atoms with E-state index in [1.807, 2.05) is 12.1 Å². The molecule has 5 aromatic rings. The number of ether oxygens (including phenoxy) is 1. The fourth-order valence-electron chi connectivity index (χ4n) is 11.0. The monoisotopic (exact) mass is 609 g/mol. The maximum atomic E-state index is 6.60. The molecule has 12 rings (SSSR count). The van der Waals surface area contributed by atoms with Gasteiger partial charge in [-0.15, -0.1) is 0 Å². The molecule has 0 radical (unpaired) electrons. The molecule has 0 saturated heterocycles. The van der Waals surface area contributed by atoms with Gasteiger partial charge in [-0.3, -0.25) is 0 Å². The predicted molar refractivity (Wildman–Crippen MR) is 185 cm³/mol.